The van der Waals surface area contributed by atoms with Gasteiger partial charge in [0, 0.05) is 43.1 Å². The molecule has 0 unspecified atom stereocenters. The van der Waals surface area contributed by atoms with Crippen molar-refractivity contribution in [3.8, 4) is 0 Å². The van der Waals surface area contributed by atoms with Crippen LogP contribution in [0.1, 0.15) is 5.56 Å². The molecule has 104 valence electrons. The highest BCUT2D eigenvalue weighted by Gasteiger charge is 2.30. The second-order valence-electron chi connectivity index (χ2n) is 5.26. The number of ether oxygens (including phenoxy) is 1. The fraction of sp³-hybridized carbons (Fsp3) is 0.571. The number of nitrogens with zero attached hydrogens (tertiary/aromatic N) is 2. The van der Waals surface area contributed by atoms with Crippen molar-refractivity contribution in [2.75, 3.05) is 50.0 Å². The monoisotopic (exact) mass is 263 g/mol. The zero-order chi connectivity index (χ0) is 13.2. The molecular formula is C14H21N3O2. The first kappa shape index (κ1) is 12.7. The molecule has 19 heavy (non-hydrogen) atoms. The Morgan fingerprint density at radius 3 is 3.05 bits per heavy atom. The summed E-state index contributed by atoms with van der Waals surface area (Å²) in [6, 6.07) is 6.24. The highest BCUT2D eigenvalue weighted by atomic mass is 16.5. The van der Waals surface area contributed by atoms with Crippen molar-refractivity contribution >= 4 is 11.4 Å². The van der Waals surface area contributed by atoms with E-state index in [1.54, 1.807) is 0 Å². The number of nitrogens with two attached hydrogens (primary N) is 1. The van der Waals surface area contributed by atoms with Crippen molar-refractivity contribution < 1.29 is 9.84 Å². The molecule has 2 fully saturated rings. The molecule has 5 heteroatoms. The number of rotatable bonds is 2. The minimum absolute atomic E-state index is 0.0295. The van der Waals surface area contributed by atoms with Gasteiger partial charge in [-0.15, -0.1) is 0 Å². The van der Waals surface area contributed by atoms with Crippen molar-refractivity contribution in [2.24, 2.45) is 0 Å². The maximum absolute atomic E-state index is 9.49. The first-order valence-electron chi connectivity index (χ1n) is 6.84. The summed E-state index contributed by atoms with van der Waals surface area (Å²) in [5.41, 5.74) is 8.49. The summed E-state index contributed by atoms with van der Waals surface area (Å²) >= 11 is 0. The number of piperazine rings is 1. The van der Waals surface area contributed by atoms with Gasteiger partial charge in [0.25, 0.3) is 0 Å². The fourth-order valence-corrected chi connectivity index (χ4v) is 3.01. The van der Waals surface area contributed by atoms with E-state index in [1.165, 1.54) is 0 Å². The Labute approximate surface area is 113 Å². The minimum Gasteiger partial charge on any atom is -0.399 e. The van der Waals surface area contributed by atoms with Crippen LogP contribution in [-0.2, 0) is 11.3 Å². The van der Waals surface area contributed by atoms with Crippen LogP contribution in [0.15, 0.2) is 18.2 Å². The zero-order valence-electron chi connectivity index (χ0n) is 11.1. The Morgan fingerprint density at radius 2 is 2.21 bits per heavy atom. The van der Waals surface area contributed by atoms with Crippen LogP contribution in [0.5, 0.6) is 0 Å². The molecule has 2 saturated heterocycles. The Hall–Kier alpha value is -1.30. The fourth-order valence-electron chi connectivity index (χ4n) is 3.01. The molecule has 2 aliphatic heterocycles. The van der Waals surface area contributed by atoms with Gasteiger partial charge in [-0.1, -0.05) is 0 Å². The van der Waals surface area contributed by atoms with E-state index in [0.717, 1.165) is 50.6 Å². The molecular weight excluding hydrogens is 242 g/mol. The average molecular weight is 263 g/mol. The summed E-state index contributed by atoms with van der Waals surface area (Å²) in [6.45, 7) is 5.72. The quantitative estimate of drug-likeness (QED) is 0.751. The Kier molecular flexibility index (Phi) is 3.59. The predicted molar refractivity (Wildman–Crippen MR) is 75.2 cm³/mol. The molecule has 5 nitrogen and oxygen atoms in total. The molecule has 0 bridgehead atoms. The van der Waals surface area contributed by atoms with Gasteiger partial charge in [-0.2, -0.15) is 0 Å². The number of aliphatic hydroxyl groups is 1. The SMILES string of the molecule is Nc1ccc(N2CCN3CCOC[C@@H]3C2)c(CO)c1. The topological polar surface area (TPSA) is 62.0 Å². The number of hydrogen-bond donors (Lipinski definition) is 2. The molecule has 1 aromatic rings. The molecule has 0 amide bonds. The third kappa shape index (κ3) is 2.54. The largest absolute Gasteiger partial charge is 0.399 e. The number of fused-ring (bicyclic) bond motifs is 1. The lowest BCUT2D eigenvalue weighted by Gasteiger charge is -2.45. The van der Waals surface area contributed by atoms with Gasteiger partial charge >= 0.3 is 0 Å². The summed E-state index contributed by atoms with van der Waals surface area (Å²) in [7, 11) is 0. The first-order chi connectivity index (χ1) is 9.28. The smallest absolute Gasteiger partial charge is 0.0702 e. The number of benzene rings is 1. The third-order valence-electron chi connectivity index (χ3n) is 4.05. The van der Waals surface area contributed by atoms with Gasteiger partial charge in [-0.3, -0.25) is 4.90 Å². The van der Waals surface area contributed by atoms with Gasteiger partial charge in [-0.25, -0.2) is 0 Å². The number of morpholine rings is 1. The molecule has 0 aliphatic carbocycles. The minimum atomic E-state index is 0.0295. The second-order valence-corrected chi connectivity index (χ2v) is 5.26. The van der Waals surface area contributed by atoms with Crippen LogP contribution >= 0.6 is 0 Å². The highest BCUT2D eigenvalue weighted by molar-refractivity contribution is 5.60. The van der Waals surface area contributed by atoms with Gasteiger partial charge in [0.1, 0.15) is 0 Å². The van der Waals surface area contributed by atoms with Crippen molar-refractivity contribution in [2.45, 2.75) is 12.6 Å². The van der Waals surface area contributed by atoms with E-state index >= 15 is 0 Å². The van der Waals surface area contributed by atoms with Crippen LogP contribution in [0.3, 0.4) is 0 Å². The van der Waals surface area contributed by atoms with Crippen molar-refractivity contribution in [1.29, 1.82) is 0 Å². The van der Waals surface area contributed by atoms with E-state index in [-0.39, 0.29) is 6.61 Å². The number of aliphatic hydroxyl groups excluding tert-OH is 1. The number of anilines is 2. The summed E-state index contributed by atoms with van der Waals surface area (Å²) in [5.74, 6) is 0. The Bertz CT molecular complexity index is 452. The number of hydrogen-bond acceptors (Lipinski definition) is 5. The number of nitrogen functional groups attached to an aromatic ring is 1. The molecule has 2 heterocycles. The first-order valence-corrected chi connectivity index (χ1v) is 6.84. The predicted octanol–water partition coefficient (Wildman–Crippen LogP) is 0.282. The van der Waals surface area contributed by atoms with Crippen molar-refractivity contribution in [1.82, 2.24) is 4.90 Å². The van der Waals surface area contributed by atoms with E-state index in [1.807, 2.05) is 18.2 Å². The van der Waals surface area contributed by atoms with Gasteiger partial charge in [0.05, 0.1) is 25.9 Å². The normalized spacial score (nSPS) is 24.3. The molecule has 3 N–H and O–H groups in total. The maximum Gasteiger partial charge on any atom is 0.0702 e. The molecule has 3 rings (SSSR count). The van der Waals surface area contributed by atoms with E-state index in [9.17, 15) is 5.11 Å². The van der Waals surface area contributed by atoms with Crippen LogP contribution < -0.4 is 10.6 Å². The van der Waals surface area contributed by atoms with E-state index in [0.29, 0.717) is 11.7 Å². The summed E-state index contributed by atoms with van der Waals surface area (Å²) < 4.78 is 5.56. The van der Waals surface area contributed by atoms with Crippen molar-refractivity contribution in [3.05, 3.63) is 23.8 Å². The Morgan fingerprint density at radius 1 is 1.32 bits per heavy atom. The second kappa shape index (κ2) is 5.36. The average Bonchev–Trinajstić information content (AvgIpc) is 2.46. The summed E-state index contributed by atoms with van der Waals surface area (Å²) in [6.07, 6.45) is 0. The van der Waals surface area contributed by atoms with Gasteiger partial charge in [0.2, 0.25) is 0 Å². The third-order valence-corrected chi connectivity index (χ3v) is 4.05. The van der Waals surface area contributed by atoms with E-state index in [2.05, 4.69) is 9.80 Å². The molecule has 1 atom stereocenters. The van der Waals surface area contributed by atoms with Crippen LogP contribution in [0.25, 0.3) is 0 Å². The highest BCUT2D eigenvalue weighted by Crippen LogP contribution is 2.26. The molecule has 1 aromatic carbocycles. The molecule has 0 spiro atoms. The summed E-state index contributed by atoms with van der Waals surface area (Å²) in [4.78, 5) is 4.83. The van der Waals surface area contributed by atoms with E-state index in [4.69, 9.17) is 10.5 Å². The zero-order valence-corrected chi connectivity index (χ0v) is 11.1. The molecule has 0 radical (unpaired) electrons. The molecule has 0 saturated carbocycles. The molecule has 2 aliphatic rings. The van der Waals surface area contributed by atoms with Gasteiger partial charge in [-0.05, 0) is 18.2 Å². The van der Waals surface area contributed by atoms with Crippen LogP contribution in [0.2, 0.25) is 0 Å². The van der Waals surface area contributed by atoms with Gasteiger partial charge in [0.15, 0.2) is 0 Å². The maximum atomic E-state index is 9.49. The molecule has 0 aromatic heterocycles. The van der Waals surface area contributed by atoms with Gasteiger partial charge < -0.3 is 20.5 Å². The van der Waals surface area contributed by atoms with Crippen LogP contribution in [0.4, 0.5) is 11.4 Å². The lowest BCUT2D eigenvalue weighted by atomic mass is 10.1. The van der Waals surface area contributed by atoms with Crippen LogP contribution in [-0.4, -0.2) is 55.4 Å². The lowest BCUT2D eigenvalue weighted by molar-refractivity contribution is -0.0117. The standard InChI is InChI=1S/C14H21N3O2/c15-12-1-2-14(11(7-12)9-18)17-4-3-16-5-6-19-10-13(16)8-17/h1-2,7,13,18H,3-6,8-10,15H2/t13-/m0/s1. The van der Waals surface area contributed by atoms with Crippen molar-refractivity contribution in [3.63, 3.8) is 0 Å². The lowest BCUT2D eigenvalue weighted by Crippen LogP contribution is -2.58. The Balaban J connectivity index is 1.79. The van der Waals surface area contributed by atoms with E-state index < -0.39 is 0 Å². The van der Waals surface area contributed by atoms with Crippen LogP contribution in [0, 0.1) is 0 Å². The summed E-state index contributed by atoms with van der Waals surface area (Å²) in [5, 5.41) is 9.49.